The van der Waals surface area contributed by atoms with Crippen molar-refractivity contribution in [3.05, 3.63) is 510 Å². The van der Waals surface area contributed by atoms with Crippen molar-refractivity contribution in [3.63, 3.8) is 0 Å². The van der Waals surface area contributed by atoms with Crippen molar-refractivity contribution in [1.29, 1.82) is 0 Å². The van der Waals surface area contributed by atoms with E-state index in [-0.39, 0.29) is 0 Å². The number of rotatable bonds is 14. The maximum Gasteiger partial charge on any atom is 0.160 e. The van der Waals surface area contributed by atoms with Gasteiger partial charge in [-0.05, 0) is 158 Å². The predicted molar refractivity (Wildman–Crippen MR) is 603 cm³/mol. The maximum atomic E-state index is 6.67. The summed E-state index contributed by atoms with van der Waals surface area (Å²) in [6.07, 6.45) is 0. The molecule has 0 fully saturated rings. The van der Waals surface area contributed by atoms with E-state index < -0.39 is 0 Å². The van der Waals surface area contributed by atoms with Crippen LogP contribution >= 0.6 is 22.7 Å². The van der Waals surface area contributed by atoms with Gasteiger partial charge in [0.15, 0.2) is 17.5 Å². The quantitative estimate of drug-likeness (QED) is 0.100. The van der Waals surface area contributed by atoms with Gasteiger partial charge in [0.05, 0.1) is 34.2 Å². The minimum absolute atomic E-state index is 0.680. The summed E-state index contributed by atoms with van der Waals surface area (Å²) in [5.74, 6) is 2.13. The number of thiophene rings is 2. The Bertz CT molecular complexity index is 9180. The Balaban J connectivity index is 0.000000110. The van der Waals surface area contributed by atoms with Gasteiger partial charge in [0.1, 0.15) is 11.2 Å². The standard InChI is InChI=1S/C46H28N2S.C44H28N2O.C44H28N2S/c1-3-13-29(14-4-1)41-28-42(48-46(47-41)30-15-5-2-6-16-30)38-26-25-32(44-39-21-11-12-22-43(39)49-45(38)44)31-23-24-37-35-19-8-7-17-33(35)34-18-9-10-20-36(34)40(37)27-31;2*1-3-13-32(14-4-1)39-28-40(46-44(45-39)33-15-5-2-6-16-33)37-27-26-36(42-38-19-9-10-21-41(38)47-43(37)42)31-24-22-30(23-25-31)35-20-11-17-29-12-7-8-18-34(29)35/h1-28H;2*1-28H. The fraction of sp³-hybridized carbons (Fsp3) is 0. The Kier molecular flexibility index (Phi) is 21.9. The first-order valence-corrected chi connectivity index (χ1v) is 49.9. The second-order valence-electron chi connectivity index (χ2n) is 36.0. The lowest BCUT2D eigenvalue weighted by molar-refractivity contribution is 0.670. The molecule has 0 N–H and O–H groups in total. The van der Waals surface area contributed by atoms with Crippen LogP contribution in [0.15, 0.2) is 514 Å². The fourth-order valence-corrected chi connectivity index (χ4v) is 23.2. The number of nitrogens with zero attached hydrogens (tertiary/aromatic N) is 6. The van der Waals surface area contributed by atoms with Gasteiger partial charge in [-0.25, -0.2) is 29.9 Å². The van der Waals surface area contributed by atoms with Gasteiger partial charge in [-0.15, -0.1) is 22.7 Å². The van der Waals surface area contributed by atoms with Crippen LogP contribution in [0.2, 0.25) is 0 Å². The normalized spacial score (nSPS) is 11.5. The van der Waals surface area contributed by atoms with E-state index in [4.69, 9.17) is 34.3 Å². The van der Waals surface area contributed by atoms with Crippen LogP contribution in [0.3, 0.4) is 0 Å². The summed E-state index contributed by atoms with van der Waals surface area (Å²) in [5.41, 5.74) is 28.4. The van der Waals surface area contributed by atoms with E-state index in [1.807, 2.05) is 120 Å². The van der Waals surface area contributed by atoms with E-state index in [9.17, 15) is 0 Å². The van der Waals surface area contributed by atoms with Crippen LogP contribution < -0.4 is 0 Å². The third kappa shape index (κ3) is 15.9. The molecule has 28 aromatic rings. The van der Waals surface area contributed by atoms with Gasteiger partial charge in [0.25, 0.3) is 0 Å². The zero-order chi connectivity index (χ0) is 94.6. The lowest BCUT2D eigenvalue weighted by Gasteiger charge is -2.14. The summed E-state index contributed by atoms with van der Waals surface area (Å²) < 4.78 is 11.7. The highest BCUT2D eigenvalue weighted by molar-refractivity contribution is 7.27. The van der Waals surface area contributed by atoms with E-state index in [2.05, 4.69) is 413 Å². The molecule has 7 nitrogen and oxygen atoms in total. The summed E-state index contributed by atoms with van der Waals surface area (Å²) in [6.45, 7) is 0. The molecule has 0 aliphatic heterocycles. The number of hydrogen-bond acceptors (Lipinski definition) is 9. The van der Waals surface area contributed by atoms with Crippen LogP contribution in [0.1, 0.15) is 0 Å². The summed E-state index contributed by atoms with van der Waals surface area (Å²) in [4.78, 5) is 30.6. The molecule has 6 aromatic heterocycles. The van der Waals surface area contributed by atoms with Gasteiger partial charge in [0, 0.05) is 101 Å². The first-order chi connectivity index (χ1) is 70.9. The number of fused-ring (bicyclic) bond motifs is 17. The maximum absolute atomic E-state index is 6.67. The molecule has 0 amide bonds. The van der Waals surface area contributed by atoms with Crippen molar-refractivity contribution < 1.29 is 4.42 Å². The average molecular weight is 1860 g/mol. The average Bonchev–Trinajstić information content (AvgIpc) is 1.57. The van der Waals surface area contributed by atoms with Crippen molar-refractivity contribution in [2.24, 2.45) is 0 Å². The Labute approximate surface area is 833 Å². The first kappa shape index (κ1) is 85.1. The van der Waals surface area contributed by atoms with Gasteiger partial charge < -0.3 is 4.42 Å². The minimum atomic E-state index is 0.680. The molecule has 22 aromatic carbocycles. The minimum Gasteiger partial charge on any atom is -0.455 e. The summed E-state index contributed by atoms with van der Waals surface area (Å²) in [5, 5.41) is 20.0. The number of benzene rings is 22. The van der Waals surface area contributed by atoms with Gasteiger partial charge in [-0.2, -0.15) is 0 Å². The summed E-state index contributed by atoms with van der Waals surface area (Å²) in [7, 11) is 0. The van der Waals surface area contributed by atoms with Crippen LogP contribution in [-0.4, -0.2) is 29.9 Å². The summed E-state index contributed by atoms with van der Waals surface area (Å²) in [6, 6.07) is 180. The largest absolute Gasteiger partial charge is 0.455 e. The topological polar surface area (TPSA) is 90.5 Å². The molecule has 0 aliphatic carbocycles. The molecule has 143 heavy (non-hydrogen) atoms. The third-order valence-corrected chi connectivity index (χ3v) is 29.9. The Morgan fingerprint density at radius 3 is 0.846 bits per heavy atom. The van der Waals surface area contributed by atoms with E-state index in [1.54, 1.807) is 0 Å². The molecule has 0 radical (unpaired) electrons. The van der Waals surface area contributed by atoms with Crippen molar-refractivity contribution in [2.75, 3.05) is 0 Å². The summed E-state index contributed by atoms with van der Waals surface area (Å²) >= 11 is 3.68. The Morgan fingerprint density at radius 2 is 0.434 bits per heavy atom. The lowest BCUT2D eigenvalue weighted by atomic mass is 9.90. The van der Waals surface area contributed by atoms with Crippen molar-refractivity contribution in [2.45, 2.75) is 0 Å². The fourth-order valence-electron chi connectivity index (χ4n) is 20.7. The molecule has 0 saturated heterocycles. The van der Waals surface area contributed by atoms with E-state index in [0.717, 1.165) is 129 Å². The molecule has 0 aliphatic rings. The number of hydrogen-bond donors (Lipinski definition) is 0. The van der Waals surface area contributed by atoms with Crippen LogP contribution in [0.4, 0.5) is 0 Å². The predicted octanol–water partition coefficient (Wildman–Crippen LogP) is 37.2. The van der Waals surface area contributed by atoms with Crippen molar-refractivity contribution >= 4 is 139 Å². The molecule has 0 saturated carbocycles. The monoisotopic (exact) mass is 1860 g/mol. The molecule has 668 valence electrons. The lowest BCUT2D eigenvalue weighted by Crippen LogP contribution is -1.96. The number of para-hydroxylation sites is 1. The van der Waals surface area contributed by atoms with Gasteiger partial charge in [-0.1, -0.05) is 461 Å². The molecule has 6 heterocycles. The molecule has 9 heteroatoms. The van der Waals surface area contributed by atoms with Crippen LogP contribution in [0.25, 0.3) is 273 Å². The molecule has 28 rings (SSSR count). The molecule has 0 bridgehead atoms. The molecule has 0 atom stereocenters. The van der Waals surface area contributed by atoms with Gasteiger partial charge in [0.2, 0.25) is 0 Å². The molecular weight excluding hydrogens is 1770 g/mol. The highest BCUT2D eigenvalue weighted by atomic mass is 32.1. The SMILES string of the molecule is c1ccc(-c2cc(-c3ccc(-c4ccc(-c5cccc6ccccc56)cc4)c4c3oc3ccccc34)nc(-c3ccccc3)n2)cc1.c1ccc(-c2cc(-c3ccc(-c4ccc(-c5cccc6ccccc56)cc4)c4c3sc3ccccc34)nc(-c3ccccc3)n2)cc1.c1ccc(-c2cc(-c3ccc(-c4ccc5c6ccccc6c6ccccc6c5c4)c4c3sc3ccccc34)nc(-c3ccccc3)n2)cc1. The van der Waals surface area contributed by atoms with Crippen LogP contribution in [0, 0.1) is 0 Å². The van der Waals surface area contributed by atoms with Crippen LogP contribution in [-0.2, 0) is 0 Å². The second kappa shape index (κ2) is 36.8. The molecule has 0 unspecified atom stereocenters. The highest BCUT2D eigenvalue weighted by Gasteiger charge is 2.26. The van der Waals surface area contributed by atoms with Gasteiger partial charge in [-0.3, -0.25) is 0 Å². The van der Waals surface area contributed by atoms with E-state index in [1.165, 1.54) is 139 Å². The van der Waals surface area contributed by atoms with Crippen molar-refractivity contribution in [1.82, 2.24) is 29.9 Å². The number of aromatic nitrogens is 6. The Hall–Kier alpha value is -18.4. The van der Waals surface area contributed by atoms with Crippen LogP contribution in [0.5, 0.6) is 0 Å². The second-order valence-corrected chi connectivity index (χ2v) is 38.1. The highest BCUT2D eigenvalue weighted by Crippen LogP contribution is 2.51. The van der Waals surface area contributed by atoms with Crippen molar-refractivity contribution in [3.8, 4) is 157 Å². The zero-order valence-corrected chi connectivity index (χ0v) is 79.0. The Morgan fingerprint density at radius 1 is 0.154 bits per heavy atom. The zero-order valence-electron chi connectivity index (χ0n) is 77.4. The van der Waals surface area contributed by atoms with Gasteiger partial charge >= 0.3 is 0 Å². The van der Waals surface area contributed by atoms with E-state index in [0.29, 0.717) is 5.82 Å². The molecular formula is C134H84N6OS2. The smallest absolute Gasteiger partial charge is 0.160 e. The molecule has 0 spiro atoms. The van der Waals surface area contributed by atoms with E-state index >= 15 is 0 Å². The number of furan rings is 1. The third-order valence-electron chi connectivity index (χ3n) is 27.5. The first-order valence-electron chi connectivity index (χ1n) is 48.2.